The molecule has 0 aliphatic carbocycles. The number of fused-ring (bicyclic) bond motifs is 3. The molecule has 1 aromatic heterocycles. The summed E-state index contributed by atoms with van der Waals surface area (Å²) in [6.45, 7) is 4.50. The van der Waals surface area contributed by atoms with Crippen molar-refractivity contribution in [1.29, 1.82) is 0 Å². The highest BCUT2D eigenvalue weighted by molar-refractivity contribution is 5.04. The van der Waals surface area contributed by atoms with E-state index >= 15 is 0 Å². The molecule has 2 aliphatic heterocycles. The third kappa shape index (κ3) is 0.763. The zero-order valence-corrected chi connectivity index (χ0v) is 6.90. The van der Waals surface area contributed by atoms with Crippen LogP contribution < -0.4 is 5.32 Å². The highest BCUT2D eigenvalue weighted by Crippen LogP contribution is 2.23. The smallest absolute Gasteiger partial charge is 0.140 e. The van der Waals surface area contributed by atoms with E-state index < -0.39 is 0 Å². The van der Waals surface area contributed by atoms with E-state index in [9.17, 15) is 0 Å². The Hall–Kier alpha value is -0.870. The van der Waals surface area contributed by atoms with Crippen LogP contribution in [0.3, 0.4) is 0 Å². The summed E-state index contributed by atoms with van der Waals surface area (Å²) in [6, 6.07) is 0. The zero-order chi connectivity index (χ0) is 7.97. The van der Waals surface area contributed by atoms with Gasteiger partial charge in [-0.25, -0.2) is 4.98 Å². The maximum absolute atomic E-state index is 4.36. The summed E-state index contributed by atoms with van der Waals surface area (Å²) < 4.78 is 2.24. The first kappa shape index (κ1) is 6.62. The predicted octanol–water partition coefficient (Wildman–Crippen LogP) is -0.200. The summed E-state index contributed by atoms with van der Waals surface area (Å²) in [4.78, 5) is 6.81. The van der Waals surface area contributed by atoms with Gasteiger partial charge in [-0.3, -0.25) is 10.2 Å². The maximum atomic E-state index is 4.36. The molecule has 4 nitrogen and oxygen atoms in total. The first-order valence-electron chi connectivity index (χ1n) is 4.43. The molecule has 0 bridgehead atoms. The van der Waals surface area contributed by atoms with Crippen LogP contribution in [0.4, 0.5) is 0 Å². The summed E-state index contributed by atoms with van der Waals surface area (Å²) in [7, 11) is 0. The van der Waals surface area contributed by atoms with Crippen LogP contribution in [-0.4, -0.2) is 34.1 Å². The highest BCUT2D eigenvalue weighted by atomic mass is 15.4. The van der Waals surface area contributed by atoms with E-state index in [0.717, 1.165) is 26.2 Å². The van der Waals surface area contributed by atoms with Gasteiger partial charge in [0.2, 0.25) is 0 Å². The maximum Gasteiger partial charge on any atom is 0.140 e. The minimum atomic E-state index is 0.383. The molecule has 2 aliphatic rings. The quantitative estimate of drug-likeness (QED) is 0.576. The molecule has 0 spiro atoms. The zero-order valence-electron chi connectivity index (χ0n) is 6.90. The van der Waals surface area contributed by atoms with E-state index in [1.165, 1.54) is 5.82 Å². The first-order valence-corrected chi connectivity index (χ1v) is 4.43. The Bertz CT molecular complexity index is 293. The Morgan fingerprint density at radius 3 is 3.42 bits per heavy atom. The van der Waals surface area contributed by atoms with Crippen molar-refractivity contribution in [2.24, 2.45) is 0 Å². The van der Waals surface area contributed by atoms with Crippen LogP contribution in [0, 0.1) is 0 Å². The molecule has 0 radical (unpaired) electrons. The van der Waals surface area contributed by atoms with Crippen molar-refractivity contribution in [3.8, 4) is 0 Å². The van der Waals surface area contributed by atoms with Crippen molar-refractivity contribution < 1.29 is 0 Å². The summed E-state index contributed by atoms with van der Waals surface area (Å²) in [6.07, 6.45) is 4.33. The molecule has 4 heteroatoms. The lowest BCUT2D eigenvalue weighted by molar-refractivity contribution is 0.191. The van der Waals surface area contributed by atoms with Gasteiger partial charge >= 0.3 is 0 Å². The molecule has 0 amide bonds. The molecule has 64 valence electrons. The Morgan fingerprint density at radius 1 is 1.42 bits per heavy atom. The molecule has 1 N–H and O–H groups in total. The third-order valence-electron chi connectivity index (χ3n) is 2.72. The molecule has 1 fully saturated rings. The van der Waals surface area contributed by atoms with Crippen LogP contribution >= 0.6 is 0 Å². The van der Waals surface area contributed by atoms with Crippen LogP contribution in [-0.2, 0) is 6.54 Å². The van der Waals surface area contributed by atoms with Gasteiger partial charge in [-0.2, -0.15) is 0 Å². The van der Waals surface area contributed by atoms with E-state index in [0.29, 0.717) is 6.17 Å². The van der Waals surface area contributed by atoms with Gasteiger partial charge in [0.1, 0.15) is 12.0 Å². The second-order valence-corrected chi connectivity index (χ2v) is 3.37. The highest BCUT2D eigenvalue weighted by Gasteiger charge is 2.31. The topological polar surface area (TPSA) is 33.1 Å². The summed E-state index contributed by atoms with van der Waals surface area (Å²) in [5.74, 6) is 1.18. The number of nitrogens with zero attached hydrogens (tertiary/aromatic N) is 3. The van der Waals surface area contributed by atoms with Gasteiger partial charge in [0.05, 0.1) is 0 Å². The van der Waals surface area contributed by atoms with Gasteiger partial charge in [-0.15, -0.1) is 0 Å². The van der Waals surface area contributed by atoms with Gasteiger partial charge < -0.3 is 4.57 Å². The van der Waals surface area contributed by atoms with Crippen LogP contribution in [0.1, 0.15) is 12.0 Å². The Labute approximate surface area is 71.2 Å². The molecule has 1 unspecified atom stereocenters. The molecule has 1 saturated heterocycles. The van der Waals surface area contributed by atoms with Crippen molar-refractivity contribution in [2.45, 2.75) is 12.7 Å². The average Bonchev–Trinajstić information content (AvgIpc) is 2.71. The minimum Gasteiger partial charge on any atom is -0.331 e. The number of nitrogens with one attached hydrogen (secondary N) is 1. The first-order chi connectivity index (χ1) is 5.95. The number of aromatic nitrogens is 2. The lowest BCUT2D eigenvalue weighted by Crippen LogP contribution is -2.37. The largest absolute Gasteiger partial charge is 0.331 e. The fourth-order valence-corrected chi connectivity index (χ4v) is 2.09. The van der Waals surface area contributed by atoms with E-state index in [-0.39, 0.29) is 0 Å². The number of hydrogen-bond donors (Lipinski definition) is 1. The molecule has 12 heavy (non-hydrogen) atoms. The van der Waals surface area contributed by atoms with Crippen LogP contribution in [0.25, 0.3) is 0 Å². The molecule has 0 aromatic carbocycles. The number of hydrogen-bond acceptors (Lipinski definition) is 3. The summed E-state index contributed by atoms with van der Waals surface area (Å²) in [5, 5.41) is 3.44. The average molecular weight is 164 g/mol. The fraction of sp³-hybridized carbons (Fsp3) is 0.625. The van der Waals surface area contributed by atoms with Crippen molar-refractivity contribution in [2.75, 3.05) is 19.6 Å². The van der Waals surface area contributed by atoms with Gasteiger partial charge in [0.25, 0.3) is 0 Å². The Kier molecular flexibility index (Phi) is 1.27. The summed E-state index contributed by atoms with van der Waals surface area (Å²) in [5.41, 5.74) is 0. The van der Waals surface area contributed by atoms with Crippen LogP contribution in [0.5, 0.6) is 0 Å². The summed E-state index contributed by atoms with van der Waals surface area (Å²) >= 11 is 0. The monoisotopic (exact) mass is 164 g/mol. The number of rotatable bonds is 0. The van der Waals surface area contributed by atoms with Crippen molar-refractivity contribution >= 4 is 0 Å². The van der Waals surface area contributed by atoms with E-state index in [2.05, 4.69) is 26.0 Å². The molecular weight excluding hydrogens is 152 g/mol. The van der Waals surface area contributed by atoms with Gasteiger partial charge in [0, 0.05) is 38.6 Å². The minimum absolute atomic E-state index is 0.383. The number of imidazole rings is 1. The second kappa shape index (κ2) is 2.31. The Morgan fingerprint density at radius 2 is 2.42 bits per heavy atom. The van der Waals surface area contributed by atoms with Crippen LogP contribution in [0.2, 0.25) is 0 Å². The second-order valence-electron chi connectivity index (χ2n) is 3.37. The molecule has 3 rings (SSSR count). The van der Waals surface area contributed by atoms with Crippen molar-refractivity contribution in [3.05, 3.63) is 18.2 Å². The van der Waals surface area contributed by atoms with Gasteiger partial charge in [-0.05, 0) is 0 Å². The van der Waals surface area contributed by atoms with E-state index in [1.54, 1.807) is 0 Å². The predicted molar refractivity (Wildman–Crippen MR) is 44.5 cm³/mol. The third-order valence-corrected chi connectivity index (χ3v) is 2.72. The molecule has 3 heterocycles. The lowest BCUT2D eigenvalue weighted by Gasteiger charge is -2.29. The van der Waals surface area contributed by atoms with Gasteiger partial charge in [-0.1, -0.05) is 0 Å². The molecular formula is C8H12N4. The normalized spacial score (nSPS) is 28.5. The van der Waals surface area contributed by atoms with E-state index in [4.69, 9.17) is 0 Å². The fourth-order valence-electron chi connectivity index (χ4n) is 2.09. The Balaban J connectivity index is 2.04. The van der Waals surface area contributed by atoms with Gasteiger partial charge in [0.15, 0.2) is 0 Å². The van der Waals surface area contributed by atoms with E-state index in [1.807, 2.05) is 6.20 Å². The molecule has 1 atom stereocenters. The molecule has 1 aromatic rings. The molecule has 0 saturated carbocycles. The van der Waals surface area contributed by atoms with Crippen LogP contribution in [0.15, 0.2) is 12.4 Å². The lowest BCUT2D eigenvalue weighted by atomic mass is 10.3. The standard InChI is InChI=1S/C8H12N4/c1-3-11-5-6-12-4-2-10-8(12)7(11)9-1/h1,3,8,10H,2,4-6H2. The SMILES string of the molecule is c1cn2c(n1)C1NCCN1CC2. The van der Waals surface area contributed by atoms with Crippen molar-refractivity contribution in [1.82, 2.24) is 19.8 Å². The van der Waals surface area contributed by atoms with Crippen molar-refractivity contribution in [3.63, 3.8) is 0 Å².